The summed E-state index contributed by atoms with van der Waals surface area (Å²) in [7, 11) is 1.62. The first-order chi connectivity index (χ1) is 17.0. The van der Waals surface area contributed by atoms with E-state index in [2.05, 4.69) is 10.3 Å². The molecular weight excluding hydrogens is 440 g/mol. The average molecular weight is 475 g/mol. The first kappa shape index (κ1) is 23.4. The number of fused-ring (bicyclic) bond motifs is 3. The number of ether oxygens (including phenoxy) is 1. The zero-order valence-electron chi connectivity index (χ0n) is 20.6. The Hall–Kier alpha value is -3.35. The van der Waals surface area contributed by atoms with Gasteiger partial charge >= 0.3 is 0 Å². The van der Waals surface area contributed by atoms with Crippen molar-refractivity contribution in [3.05, 3.63) is 59.9 Å². The van der Waals surface area contributed by atoms with Crippen LogP contribution in [-0.4, -0.2) is 45.0 Å². The number of para-hydroxylation sites is 3. The Kier molecular flexibility index (Phi) is 6.50. The third kappa shape index (κ3) is 4.40. The van der Waals surface area contributed by atoms with Crippen LogP contribution in [0.1, 0.15) is 68.1 Å². The van der Waals surface area contributed by atoms with E-state index in [4.69, 9.17) is 4.74 Å². The number of rotatable bonds is 5. The van der Waals surface area contributed by atoms with Crippen LogP contribution >= 0.6 is 0 Å². The first-order valence-corrected chi connectivity index (χ1v) is 12.7. The number of hydrogen-bond donors (Lipinski definition) is 1. The van der Waals surface area contributed by atoms with Crippen LogP contribution < -0.4 is 10.1 Å². The predicted octanol–water partition coefficient (Wildman–Crippen LogP) is 4.69. The normalized spacial score (nSPS) is 21.3. The molecule has 2 amide bonds. The van der Waals surface area contributed by atoms with Crippen molar-refractivity contribution >= 4 is 22.8 Å². The van der Waals surface area contributed by atoms with Gasteiger partial charge in [0.1, 0.15) is 11.3 Å². The molecule has 0 saturated heterocycles. The number of imidazole rings is 1. The van der Waals surface area contributed by atoms with Crippen molar-refractivity contribution in [3.63, 3.8) is 0 Å². The molecule has 1 aliphatic carbocycles. The lowest BCUT2D eigenvalue weighted by atomic mass is 9.92. The third-order valence-corrected chi connectivity index (χ3v) is 7.60. The highest BCUT2D eigenvalue weighted by Crippen LogP contribution is 2.33. The van der Waals surface area contributed by atoms with Gasteiger partial charge in [0.05, 0.1) is 31.2 Å². The highest BCUT2D eigenvalue weighted by molar-refractivity contribution is 6.01. The molecule has 184 valence electrons. The molecule has 2 aromatic carbocycles. The van der Waals surface area contributed by atoms with E-state index in [1.54, 1.807) is 12.0 Å². The van der Waals surface area contributed by atoms with Crippen LogP contribution in [-0.2, 0) is 17.9 Å². The van der Waals surface area contributed by atoms with E-state index >= 15 is 0 Å². The van der Waals surface area contributed by atoms with Crippen molar-refractivity contribution in [1.29, 1.82) is 0 Å². The van der Waals surface area contributed by atoms with E-state index in [0.29, 0.717) is 18.1 Å². The molecular formula is C28H34N4O3. The van der Waals surface area contributed by atoms with Gasteiger partial charge in [-0.05, 0) is 38.0 Å². The monoisotopic (exact) mass is 474 g/mol. The minimum Gasteiger partial charge on any atom is -0.496 e. The quantitative estimate of drug-likeness (QED) is 0.582. The lowest BCUT2D eigenvalue weighted by Crippen LogP contribution is -2.64. The van der Waals surface area contributed by atoms with Gasteiger partial charge in [0.15, 0.2) is 5.82 Å². The molecule has 1 aliphatic heterocycles. The Balaban J connectivity index is 1.53. The van der Waals surface area contributed by atoms with Crippen LogP contribution in [0.15, 0.2) is 48.5 Å². The second-order valence-electron chi connectivity index (χ2n) is 10.0. The summed E-state index contributed by atoms with van der Waals surface area (Å²) in [6.07, 6.45) is 7.93. The van der Waals surface area contributed by atoms with Crippen molar-refractivity contribution in [2.45, 2.75) is 76.5 Å². The Morgan fingerprint density at radius 3 is 2.51 bits per heavy atom. The number of aromatic nitrogens is 2. The molecule has 2 heterocycles. The van der Waals surface area contributed by atoms with Crippen LogP contribution in [0.25, 0.3) is 11.0 Å². The predicted molar refractivity (Wildman–Crippen MR) is 135 cm³/mol. The molecule has 0 bridgehead atoms. The second kappa shape index (κ2) is 9.72. The van der Waals surface area contributed by atoms with Crippen molar-refractivity contribution in [1.82, 2.24) is 19.8 Å². The molecule has 7 nitrogen and oxygen atoms in total. The summed E-state index contributed by atoms with van der Waals surface area (Å²) >= 11 is 0. The van der Waals surface area contributed by atoms with E-state index in [1.807, 2.05) is 60.0 Å². The van der Waals surface area contributed by atoms with Gasteiger partial charge in [0, 0.05) is 11.6 Å². The minimum atomic E-state index is -1.07. The highest BCUT2D eigenvalue weighted by atomic mass is 16.5. The molecule has 3 aromatic rings. The number of carbonyl (C=O) groups excluding carboxylic acids is 2. The molecule has 1 atom stereocenters. The first-order valence-electron chi connectivity index (χ1n) is 12.7. The van der Waals surface area contributed by atoms with Crippen molar-refractivity contribution in [2.24, 2.45) is 0 Å². The van der Waals surface area contributed by atoms with Crippen molar-refractivity contribution in [3.8, 4) is 5.75 Å². The summed E-state index contributed by atoms with van der Waals surface area (Å²) in [4.78, 5) is 34.2. The van der Waals surface area contributed by atoms with Crippen molar-refractivity contribution < 1.29 is 14.3 Å². The third-order valence-electron chi connectivity index (χ3n) is 7.60. The van der Waals surface area contributed by atoms with E-state index in [-0.39, 0.29) is 24.4 Å². The number of methoxy groups -OCH3 is 1. The van der Waals surface area contributed by atoms with Gasteiger partial charge in [-0.25, -0.2) is 4.98 Å². The van der Waals surface area contributed by atoms with Gasteiger partial charge in [-0.2, -0.15) is 0 Å². The number of nitrogens with zero attached hydrogens (tertiary/aromatic N) is 3. The Bertz CT molecular complexity index is 1230. The molecule has 0 unspecified atom stereocenters. The fraction of sp³-hybridized carbons (Fsp3) is 0.464. The number of nitrogens with one attached hydrogen (secondary N) is 1. The maximum atomic E-state index is 14.0. The van der Waals surface area contributed by atoms with Gasteiger partial charge in [-0.15, -0.1) is 0 Å². The standard InChI is InChI=1S/C28H34N4O3/c1-28(27(34)29-21-13-6-4-3-5-7-14-21)19-31-23-16-10-9-15-22(23)30-25(31)26(33)32(28)18-20-12-8-11-17-24(20)35-2/h8-12,15-17,21H,3-7,13-14,18-19H2,1-2H3,(H,29,34)/t28-/m0/s1. The number of amides is 2. The molecule has 5 rings (SSSR count). The zero-order valence-corrected chi connectivity index (χ0v) is 20.6. The molecule has 0 spiro atoms. The van der Waals surface area contributed by atoms with Crippen molar-refractivity contribution in [2.75, 3.05) is 7.11 Å². The maximum absolute atomic E-state index is 14.0. The zero-order chi connectivity index (χ0) is 24.4. The van der Waals surface area contributed by atoms with E-state index in [9.17, 15) is 9.59 Å². The molecule has 7 heteroatoms. The summed E-state index contributed by atoms with van der Waals surface area (Å²) < 4.78 is 7.47. The van der Waals surface area contributed by atoms with Crippen LogP contribution in [0.5, 0.6) is 5.75 Å². The summed E-state index contributed by atoms with van der Waals surface area (Å²) in [5.74, 6) is 0.725. The number of carbonyl (C=O) groups is 2. The van der Waals surface area contributed by atoms with E-state index < -0.39 is 5.54 Å². The van der Waals surface area contributed by atoms with Crippen LogP contribution in [0, 0.1) is 0 Å². The number of hydrogen-bond acceptors (Lipinski definition) is 4. The van der Waals surface area contributed by atoms with Gasteiger partial charge in [0.25, 0.3) is 5.91 Å². The molecule has 35 heavy (non-hydrogen) atoms. The van der Waals surface area contributed by atoms with Gasteiger partial charge in [-0.3, -0.25) is 9.59 Å². The smallest absolute Gasteiger partial charge is 0.291 e. The fourth-order valence-corrected chi connectivity index (χ4v) is 5.52. The SMILES string of the molecule is COc1ccccc1CN1C(=O)c2nc3ccccc3n2C[C@@]1(C)C(=O)NC1CCCCCCC1. The molecule has 1 N–H and O–H groups in total. The largest absolute Gasteiger partial charge is 0.496 e. The Labute approximate surface area is 206 Å². The average Bonchev–Trinajstić information content (AvgIpc) is 3.22. The van der Waals surface area contributed by atoms with E-state index in [1.165, 1.54) is 19.3 Å². The van der Waals surface area contributed by atoms with Gasteiger partial charge in [-0.1, -0.05) is 62.4 Å². The lowest BCUT2D eigenvalue weighted by Gasteiger charge is -2.44. The molecule has 1 aromatic heterocycles. The van der Waals surface area contributed by atoms with Crippen LogP contribution in [0.4, 0.5) is 0 Å². The Morgan fingerprint density at radius 2 is 1.74 bits per heavy atom. The minimum absolute atomic E-state index is 0.102. The highest BCUT2D eigenvalue weighted by Gasteiger charge is 2.49. The lowest BCUT2D eigenvalue weighted by molar-refractivity contribution is -0.134. The number of benzene rings is 2. The summed E-state index contributed by atoms with van der Waals surface area (Å²) in [5.41, 5.74) is 1.42. The summed E-state index contributed by atoms with van der Waals surface area (Å²) in [6, 6.07) is 15.5. The second-order valence-corrected chi connectivity index (χ2v) is 10.0. The maximum Gasteiger partial charge on any atom is 0.291 e. The topological polar surface area (TPSA) is 76.5 Å². The fourth-order valence-electron chi connectivity index (χ4n) is 5.52. The molecule has 1 saturated carbocycles. The summed E-state index contributed by atoms with van der Waals surface area (Å²) in [6.45, 7) is 2.50. The van der Waals surface area contributed by atoms with Gasteiger partial charge in [0.2, 0.25) is 5.91 Å². The Morgan fingerprint density at radius 1 is 1.06 bits per heavy atom. The molecule has 2 aliphatic rings. The van der Waals surface area contributed by atoms with Gasteiger partial charge < -0.3 is 19.5 Å². The van der Waals surface area contributed by atoms with Crippen LogP contribution in [0.2, 0.25) is 0 Å². The van der Waals surface area contributed by atoms with Crippen LogP contribution in [0.3, 0.4) is 0 Å². The molecule has 1 fully saturated rings. The summed E-state index contributed by atoms with van der Waals surface area (Å²) in [5, 5.41) is 3.34. The molecule has 0 radical (unpaired) electrons. The van der Waals surface area contributed by atoms with E-state index in [0.717, 1.165) is 42.3 Å².